The van der Waals surface area contributed by atoms with Gasteiger partial charge < -0.3 is 41.0 Å². The third-order valence-electron chi connectivity index (χ3n) is 0.759. The van der Waals surface area contributed by atoms with Gasteiger partial charge in [0.2, 0.25) is 0 Å². The number of carbonyl (C=O) groups excluding carboxylic acids is 4. The van der Waals surface area contributed by atoms with Crippen LogP contribution in [0.2, 0.25) is 0 Å². The van der Waals surface area contributed by atoms with Crippen molar-refractivity contribution in [1.82, 2.24) is 0 Å². The molecule has 0 heterocycles. The van der Waals surface area contributed by atoms with Gasteiger partial charge in [0.1, 0.15) is 11.9 Å². The van der Waals surface area contributed by atoms with Crippen LogP contribution in [0, 0.1) is 0 Å². The minimum absolute atomic E-state index is 0. The quantitative estimate of drug-likeness (QED) is 0.281. The van der Waals surface area contributed by atoms with Gasteiger partial charge in [-0.3, -0.25) is 9.59 Å². The molecule has 12 nitrogen and oxygen atoms in total. The minimum atomic E-state index is -2.20. The van der Waals surface area contributed by atoms with Gasteiger partial charge in [0.05, 0.1) is 0 Å². The van der Waals surface area contributed by atoms with Crippen molar-refractivity contribution in [2.24, 2.45) is 0 Å². The Labute approximate surface area is 133 Å². The van der Waals surface area contributed by atoms with Crippen LogP contribution in [0.1, 0.15) is 0 Å². The van der Waals surface area contributed by atoms with E-state index in [2.05, 4.69) is 0 Å². The molecule has 104 valence electrons. The van der Waals surface area contributed by atoms with Crippen LogP contribution in [-0.2, 0) is 28.8 Å². The summed E-state index contributed by atoms with van der Waals surface area (Å²) in [7, 11) is 0. The number of hydrogen-bond donors (Lipinski definition) is 2. The summed E-state index contributed by atoms with van der Waals surface area (Å²) in [6.07, 6.45) is 0. The summed E-state index contributed by atoms with van der Waals surface area (Å²) in [5.41, 5.74) is 0. The molecule has 0 aromatic carbocycles. The Hall–Kier alpha value is -1.60. The molecule has 0 saturated heterocycles. The average molecular weight is 310 g/mol. The van der Waals surface area contributed by atoms with Gasteiger partial charge in [0.25, 0.3) is 11.6 Å². The molecule has 19 heavy (non-hydrogen) atoms. The molecule has 0 bridgehead atoms. The molecule has 0 aliphatic rings. The van der Waals surface area contributed by atoms with Crippen molar-refractivity contribution >= 4 is 73.2 Å². The molecule has 6 N–H and O–H groups in total. The van der Waals surface area contributed by atoms with Gasteiger partial charge in [-0.15, -0.1) is 0 Å². The van der Waals surface area contributed by atoms with Crippen LogP contribution in [0.15, 0.2) is 0 Å². The maximum absolute atomic E-state index is 9.58. The minimum Gasteiger partial charge on any atom is -0.541 e. The van der Waals surface area contributed by atoms with Crippen molar-refractivity contribution in [1.29, 1.82) is 0 Å². The van der Waals surface area contributed by atoms with Gasteiger partial charge >= 0.3 is 49.7 Å². The molecule has 0 spiro atoms. The number of Topliss-reactive ketones (excluding diaryl/α,β-unsaturated/α-hetero) is 2. The number of carboxylic acid groups (broad SMARTS) is 4. The maximum atomic E-state index is 9.58. The number of ketones is 2. The van der Waals surface area contributed by atoms with Crippen LogP contribution in [0.25, 0.3) is 0 Å². The van der Waals surface area contributed by atoms with Gasteiger partial charge in [0, 0.05) is 0 Å². The largest absolute Gasteiger partial charge is 2.00 e. The van der Waals surface area contributed by atoms with E-state index in [9.17, 15) is 39.0 Å². The standard InChI is InChI=1S/2C3H2O5.Ca.2H2O/c2*4-1(2(5)6)3(7)8;;;/h2*(H,5,6)(H,7,8);;2*1H2/q;;+2;;/p-2. The topological polar surface area (TPSA) is 252 Å². The summed E-state index contributed by atoms with van der Waals surface area (Å²) >= 11 is 0. The number of hydrogen-bond acceptors (Lipinski definition) is 8. The molecule has 13 heteroatoms. The maximum Gasteiger partial charge on any atom is 2.00 e. The summed E-state index contributed by atoms with van der Waals surface area (Å²) in [6.45, 7) is 0. The molecule has 0 amide bonds. The van der Waals surface area contributed by atoms with Crippen molar-refractivity contribution in [3.63, 3.8) is 0 Å². The molecule has 0 aliphatic heterocycles. The summed E-state index contributed by atoms with van der Waals surface area (Å²) in [6, 6.07) is 0. The third kappa shape index (κ3) is 16.4. The van der Waals surface area contributed by atoms with Crippen LogP contribution in [0.5, 0.6) is 0 Å². The molecule has 0 radical (unpaired) electrons. The Balaban J connectivity index is -0.0000000594. The Morgan fingerprint density at radius 3 is 0.789 bits per heavy atom. The van der Waals surface area contributed by atoms with Crippen LogP contribution in [0.3, 0.4) is 0 Å². The molecule has 0 atom stereocenters. The van der Waals surface area contributed by atoms with Gasteiger partial charge in [-0.2, -0.15) is 0 Å². The third-order valence-corrected chi connectivity index (χ3v) is 0.759. The second-order valence-electron chi connectivity index (χ2n) is 1.84. The van der Waals surface area contributed by atoms with Gasteiger partial charge in [0.15, 0.2) is 0 Å². The van der Waals surface area contributed by atoms with Crippen LogP contribution in [0.4, 0.5) is 0 Å². The Bertz CT molecular complexity index is 302. The van der Waals surface area contributed by atoms with E-state index in [4.69, 9.17) is 10.2 Å². The van der Waals surface area contributed by atoms with E-state index in [1.807, 2.05) is 0 Å². The predicted octanol–water partition coefficient (Wildman–Crippen LogP) is -7.25. The molecular formula is C6H6CaO12. The normalized spacial score (nSPS) is 6.74. The number of aliphatic carboxylic acids is 4. The van der Waals surface area contributed by atoms with Crippen molar-refractivity contribution in [3.8, 4) is 0 Å². The summed E-state index contributed by atoms with van der Waals surface area (Å²) in [4.78, 5) is 56.5. The Kier molecular flexibility index (Phi) is 23.2. The first-order valence-corrected chi connectivity index (χ1v) is 3.08. The first kappa shape index (κ1) is 30.4. The molecule has 0 aliphatic carbocycles. The van der Waals surface area contributed by atoms with Gasteiger partial charge in [-0.05, 0) is 0 Å². The van der Waals surface area contributed by atoms with E-state index in [1.165, 1.54) is 0 Å². The van der Waals surface area contributed by atoms with E-state index in [0.29, 0.717) is 0 Å². The van der Waals surface area contributed by atoms with E-state index in [-0.39, 0.29) is 48.7 Å². The molecule has 0 rings (SSSR count). The Morgan fingerprint density at radius 2 is 0.789 bits per heavy atom. The summed E-state index contributed by atoms with van der Waals surface area (Å²) in [5.74, 6) is -12.3. The zero-order valence-corrected chi connectivity index (χ0v) is 11.1. The first-order chi connectivity index (χ1) is 7.11. The first-order valence-electron chi connectivity index (χ1n) is 3.08. The number of carboxylic acids is 4. The van der Waals surface area contributed by atoms with Crippen LogP contribution < -0.4 is 10.2 Å². The second kappa shape index (κ2) is 14.5. The van der Waals surface area contributed by atoms with Gasteiger partial charge in [-0.1, -0.05) is 0 Å². The van der Waals surface area contributed by atoms with E-state index < -0.39 is 35.4 Å². The smallest absolute Gasteiger partial charge is 0.541 e. The van der Waals surface area contributed by atoms with E-state index in [1.54, 1.807) is 0 Å². The summed E-state index contributed by atoms with van der Waals surface area (Å²) in [5, 5.41) is 33.8. The molecular weight excluding hydrogens is 304 g/mol. The van der Waals surface area contributed by atoms with Crippen LogP contribution in [-0.4, -0.2) is 94.3 Å². The fourth-order valence-electron chi connectivity index (χ4n) is 0.175. The predicted molar refractivity (Wildman–Crippen MR) is 48.3 cm³/mol. The van der Waals surface area contributed by atoms with Crippen molar-refractivity contribution in [2.45, 2.75) is 0 Å². The molecule has 0 aromatic heterocycles. The van der Waals surface area contributed by atoms with Crippen molar-refractivity contribution in [3.05, 3.63) is 0 Å². The molecule has 0 unspecified atom stereocenters. The molecule has 0 saturated carbocycles. The SMILES string of the molecule is O.O.O=C([O-])C(=O)C(=O)O.O=C([O-])C(=O)C(=O)O.[Ca+2]. The second-order valence-corrected chi connectivity index (χ2v) is 1.84. The molecule has 0 aromatic rings. The van der Waals surface area contributed by atoms with Crippen molar-refractivity contribution < 1.29 is 60.1 Å². The fraction of sp³-hybridized carbons (Fsp3) is 0. The van der Waals surface area contributed by atoms with E-state index >= 15 is 0 Å². The monoisotopic (exact) mass is 310 g/mol. The zero-order chi connectivity index (χ0) is 13.5. The average Bonchev–Trinajstić information content (AvgIpc) is 2.15. The Morgan fingerprint density at radius 1 is 0.632 bits per heavy atom. The number of carbonyl (C=O) groups is 6. The zero-order valence-electron chi connectivity index (χ0n) is 8.87. The molecule has 0 fully saturated rings. The van der Waals surface area contributed by atoms with E-state index in [0.717, 1.165) is 0 Å². The summed E-state index contributed by atoms with van der Waals surface area (Å²) < 4.78 is 0. The number of rotatable bonds is 4. The fourth-order valence-corrected chi connectivity index (χ4v) is 0.175. The van der Waals surface area contributed by atoms with Crippen LogP contribution >= 0.6 is 0 Å². The van der Waals surface area contributed by atoms with Gasteiger partial charge in [-0.25, -0.2) is 9.59 Å². The van der Waals surface area contributed by atoms with Crippen molar-refractivity contribution in [2.75, 3.05) is 0 Å².